The Kier molecular flexibility index (Phi) is 9.82. The molecule has 1 fully saturated rings. The second-order valence-electron chi connectivity index (χ2n) is 9.82. The first kappa shape index (κ1) is 28.1. The summed E-state index contributed by atoms with van der Waals surface area (Å²) in [6.45, 7) is 3.15. The molecule has 0 unspecified atom stereocenters. The predicted octanol–water partition coefficient (Wildman–Crippen LogP) is 3.39. The summed E-state index contributed by atoms with van der Waals surface area (Å²) in [6.07, 6.45) is 5.66. The molecular weight excluding hydrogens is 529 g/mol. The van der Waals surface area contributed by atoms with Crippen LogP contribution in [0, 0.1) is 5.92 Å². The van der Waals surface area contributed by atoms with Gasteiger partial charge in [-0.05, 0) is 81.4 Å². The number of carboxylic acids is 1. The maximum Gasteiger partial charge on any atom is 0.328 e. The Bertz CT molecular complexity index is 1180. The third kappa shape index (κ3) is 7.58. The van der Waals surface area contributed by atoms with Gasteiger partial charge in [0.2, 0.25) is 5.91 Å². The quantitative estimate of drug-likeness (QED) is 0.350. The lowest BCUT2D eigenvalue weighted by atomic mass is 9.96. The molecule has 2 aliphatic rings. The van der Waals surface area contributed by atoms with Gasteiger partial charge in [-0.1, -0.05) is 29.3 Å². The first-order valence-electron chi connectivity index (χ1n) is 13.0. The molecule has 11 heteroatoms. The summed E-state index contributed by atoms with van der Waals surface area (Å²) in [5.74, 6) is -1.36. The third-order valence-corrected chi connectivity index (χ3v) is 7.56. The highest BCUT2D eigenvalue weighted by molar-refractivity contribution is 6.35. The van der Waals surface area contributed by atoms with Crippen LogP contribution in [0.1, 0.15) is 47.3 Å². The summed E-state index contributed by atoms with van der Waals surface area (Å²) in [5.41, 5.74) is 2.43. The lowest BCUT2D eigenvalue weighted by molar-refractivity contribution is -0.139. The van der Waals surface area contributed by atoms with Gasteiger partial charge in [-0.2, -0.15) is 0 Å². The first-order valence-corrected chi connectivity index (χ1v) is 13.8. The molecule has 0 spiro atoms. The zero-order valence-electron chi connectivity index (χ0n) is 21.1. The summed E-state index contributed by atoms with van der Waals surface area (Å²) in [7, 11) is 0. The van der Waals surface area contributed by atoms with Crippen LogP contribution < -0.4 is 16.0 Å². The van der Waals surface area contributed by atoms with Crippen molar-refractivity contribution < 1.29 is 19.5 Å². The molecule has 1 saturated heterocycles. The Labute approximate surface area is 232 Å². The SMILES string of the molecule is O=C(N[C@@H](CNC(=O)[C@@H]1CCCN(CCCc2ccc3c(n2)NCCC3)C1)C(=O)O)c1cc(Cl)ccc1Cl. The molecule has 2 aromatic rings. The molecule has 9 nitrogen and oxygen atoms in total. The molecule has 1 aromatic carbocycles. The summed E-state index contributed by atoms with van der Waals surface area (Å²) >= 11 is 12.0. The Morgan fingerprint density at radius 2 is 2.03 bits per heavy atom. The van der Waals surface area contributed by atoms with Crippen LogP contribution in [-0.2, 0) is 22.4 Å². The maximum atomic E-state index is 12.9. The van der Waals surface area contributed by atoms with Crippen molar-refractivity contribution in [1.82, 2.24) is 20.5 Å². The molecule has 204 valence electrons. The Morgan fingerprint density at radius 3 is 2.84 bits per heavy atom. The highest BCUT2D eigenvalue weighted by Crippen LogP contribution is 2.22. The molecule has 2 aliphatic heterocycles. The number of aliphatic carboxylic acids is 1. The van der Waals surface area contributed by atoms with Crippen molar-refractivity contribution in [2.45, 2.75) is 44.6 Å². The van der Waals surface area contributed by atoms with E-state index in [1.54, 1.807) is 0 Å². The molecule has 1 aromatic heterocycles. The van der Waals surface area contributed by atoms with Crippen LogP contribution in [0.25, 0.3) is 0 Å². The van der Waals surface area contributed by atoms with E-state index >= 15 is 0 Å². The van der Waals surface area contributed by atoms with Gasteiger partial charge in [0.25, 0.3) is 5.91 Å². The number of nitrogens with zero attached hydrogens (tertiary/aromatic N) is 2. The average molecular weight is 562 g/mol. The van der Waals surface area contributed by atoms with E-state index in [0.717, 1.165) is 69.7 Å². The molecule has 2 amide bonds. The Hall–Kier alpha value is -2.88. The molecule has 0 saturated carbocycles. The summed E-state index contributed by atoms with van der Waals surface area (Å²) < 4.78 is 0. The lowest BCUT2D eigenvalue weighted by Gasteiger charge is -2.32. The largest absolute Gasteiger partial charge is 0.480 e. The van der Waals surface area contributed by atoms with Crippen molar-refractivity contribution in [2.75, 3.05) is 38.0 Å². The minimum absolute atomic E-state index is 0.0708. The number of amides is 2. The van der Waals surface area contributed by atoms with E-state index in [1.165, 1.54) is 23.8 Å². The second-order valence-corrected chi connectivity index (χ2v) is 10.7. The van der Waals surface area contributed by atoms with E-state index in [0.29, 0.717) is 11.6 Å². The minimum Gasteiger partial charge on any atom is -0.480 e. The molecule has 0 aliphatic carbocycles. The van der Waals surface area contributed by atoms with Gasteiger partial charge in [0, 0.05) is 30.4 Å². The predicted molar refractivity (Wildman–Crippen MR) is 147 cm³/mol. The number of benzene rings is 1. The van der Waals surface area contributed by atoms with Gasteiger partial charge in [0.05, 0.1) is 16.5 Å². The fourth-order valence-corrected chi connectivity index (χ4v) is 5.29. The van der Waals surface area contributed by atoms with Crippen LogP contribution in [0.15, 0.2) is 30.3 Å². The number of anilines is 1. The number of fused-ring (bicyclic) bond motifs is 1. The van der Waals surface area contributed by atoms with Gasteiger partial charge < -0.3 is 26.0 Å². The number of halogens is 2. The van der Waals surface area contributed by atoms with E-state index in [2.05, 4.69) is 33.0 Å². The summed E-state index contributed by atoms with van der Waals surface area (Å²) in [5, 5.41) is 18.5. The van der Waals surface area contributed by atoms with Crippen molar-refractivity contribution >= 4 is 46.8 Å². The van der Waals surface area contributed by atoms with Crippen LogP contribution in [0.3, 0.4) is 0 Å². The van der Waals surface area contributed by atoms with Crippen LogP contribution in [0.2, 0.25) is 10.0 Å². The molecule has 4 rings (SSSR count). The van der Waals surface area contributed by atoms with Crippen molar-refractivity contribution in [3.8, 4) is 0 Å². The molecule has 0 bridgehead atoms. The number of likely N-dealkylation sites (tertiary alicyclic amines) is 1. The molecular formula is C27H33Cl2N5O4. The van der Waals surface area contributed by atoms with E-state index in [9.17, 15) is 19.5 Å². The molecule has 38 heavy (non-hydrogen) atoms. The van der Waals surface area contributed by atoms with Gasteiger partial charge >= 0.3 is 5.97 Å². The maximum absolute atomic E-state index is 12.9. The summed E-state index contributed by atoms with van der Waals surface area (Å²) in [6, 6.07) is 7.33. The van der Waals surface area contributed by atoms with Crippen molar-refractivity contribution in [2.24, 2.45) is 5.92 Å². The molecule has 2 atom stereocenters. The molecule has 0 radical (unpaired) electrons. The first-order chi connectivity index (χ1) is 18.3. The van der Waals surface area contributed by atoms with Crippen LogP contribution >= 0.6 is 23.2 Å². The third-order valence-electron chi connectivity index (χ3n) is 6.99. The standard InChI is InChI=1S/C27H33Cl2N5O4/c28-19-8-10-22(29)21(14-19)26(36)33-23(27(37)38)15-31-25(35)18-5-2-12-34(16-18)13-3-6-20-9-7-17-4-1-11-30-24(17)32-20/h7-10,14,18,23H,1-6,11-13,15-16H2,(H,30,32)(H,31,35)(H,33,36)(H,37,38)/t18-,23+/m1/s1. The number of aryl methyl sites for hydroxylation is 2. The van der Waals surface area contributed by atoms with Crippen molar-refractivity contribution in [3.05, 3.63) is 57.2 Å². The van der Waals surface area contributed by atoms with Gasteiger partial charge in [0.15, 0.2) is 0 Å². The van der Waals surface area contributed by atoms with Gasteiger partial charge in [-0.25, -0.2) is 9.78 Å². The number of carboxylic acid groups (broad SMARTS) is 1. The van der Waals surface area contributed by atoms with Gasteiger partial charge in [-0.3, -0.25) is 9.59 Å². The smallest absolute Gasteiger partial charge is 0.328 e. The number of nitrogens with one attached hydrogen (secondary N) is 3. The zero-order chi connectivity index (χ0) is 27.1. The number of hydrogen-bond donors (Lipinski definition) is 4. The van der Waals surface area contributed by atoms with E-state index in [4.69, 9.17) is 28.2 Å². The van der Waals surface area contributed by atoms with E-state index in [-0.39, 0.29) is 29.0 Å². The number of rotatable bonds is 10. The van der Waals surface area contributed by atoms with E-state index < -0.39 is 17.9 Å². The summed E-state index contributed by atoms with van der Waals surface area (Å²) in [4.78, 5) is 44.2. The van der Waals surface area contributed by atoms with Crippen molar-refractivity contribution in [1.29, 1.82) is 0 Å². The fraction of sp³-hybridized carbons (Fsp3) is 0.481. The van der Waals surface area contributed by atoms with Crippen molar-refractivity contribution in [3.63, 3.8) is 0 Å². The zero-order valence-corrected chi connectivity index (χ0v) is 22.7. The number of aromatic nitrogens is 1. The lowest BCUT2D eigenvalue weighted by Crippen LogP contribution is -2.51. The highest BCUT2D eigenvalue weighted by Gasteiger charge is 2.28. The topological polar surface area (TPSA) is 124 Å². The van der Waals surface area contributed by atoms with Gasteiger partial charge in [0.1, 0.15) is 11.9 Å². The molecule has 3 heterocycles. The van der Waals surface area contributed by atoms with Crippen LogP contribution in [0.4, 0.5) is 5.82 Å². The average Bonchev–Trinajstić information content (AvgIpc) is 2.92. The Morgan fingerprint density at radius 1 is 1.18 bits per heavy atom. The second kappa shape index (κ2) is 13.3. The van der Waals surface area contributed by atoms with E-state index in [1.807, 2.05) is 0 Å². The van der Waals surface area contributed by atoms with Gasteiger partial charge in [-0.15, -0.1) is 0 Å². The Balaban J connectivity index is 1.23. The number of pyridine rings is 1. The normalized spacial score (nSPS) is 18.1. The fourth-order valence-electron chi connectivity index (χ4n) is 4.92. The van der Waals surface area contributed by atoms with Crippen LogP contribution in [0.5, 0.6) is 0 Å². The number of carbonyl (C=O) groups excluding carboxylic acids is 2. The van der Waals surface area contributed by atoms with Crippen LogP contribution in [-0.4, -0.2) is 71.5 Å². The molecule has 4 N–H and O–H groups in total. The number of carbonyl (C=O) groups is 3. The minimum atomic E-state index is -1.31. The highest BCUT2D eigenvalue weighted by atomic mass is 35.5. The number of hydrogen-bond acceptors (Lipinski definition) is 6. The monoisotopic (exact) mass is 561 g/mol. The number of piperidine rings is 1.